The number of amides is 2. The van der Waals surface area contributed by atoms with Gasteiger partial charge < -0.3 is 14.8 Å². The SMILES string of the molecule is CCN1C(=O)c2ccccc2[S+]([O-])c2ccc(C(=O)NCCCc3ccccc3)cc21. The lowest BCUT2D eigenvalue weighted by Crippen LogP contribution is -2.31. The molecule has 0 aliphatic carbocycles. The molecule has 1 aliphatic rings. The van der Waals surface area contributed by atoms with Crippen molar-refractivity contribution in [3.8, 4) is 0 Å². The first kappa shape index (κ1) is 21.2. The van der Waals surface area contributed by atoms with E-state index in [1.54, 1.807) is 47.4 Å². The van der Waals surface area contributed by atoms with Crippen LogP contribution in [0.25, 0.3) is 0 Å². The van der Waals surface area contributed by atoms with Crippen LogP contribution in [0.3, 0.4) is 0 Å². The highest BCUT2D eigenvalue weighted by Gasteiger charge is 2.35. The number of nitrogens with zero attached hydrogens (tertiary/aromatic N) is 1. The Kier molecular flexibility index (Phi) is 6.39. The molecular formula is C25H24N2O3S. The van der Waals surface area contributed by atoms with Gasteiger partial charge in [-0.1, -0.05) is 42.5 Å². The third-order valence-corrected chi connectivity index (χ3v) is 6.86. The Balaban J connectivity index is 1.53. The van der Waals surface area contributed by atoms with Crippen molar-refractivity contribution >= 4 is 28.7 Å². The summed E-state index contributed by atoms with van der Waals surface area (Å²) in [5.41, 5.74) is 2.65. The van der Waals surface area contributed by atoms with E-state index in [2.05, 4.69) is 17.4 Å². The molecule has 0 saturated heterocycles. The molecular weight excluding hydrogens is 408 g/mol. The summed E-state index contributed by atoms with van der Waals surface area (Å²) in [5.74, 6) is -0.405. The van der Waals surface area contributed by atoms with Crippen LogP contribution >= 0.6 is 0 Å². The lowest BCUT2D eigenvalue weighted by molar-refractivity contribution is 0.0949. The van der Waals surface area contributed by atoms with Gasteiger partial charge in [-0.05, 0) is 55.7 Å². The summed E-state index contributed by atoms with van der Waals surface area (Å²) in [6.07, 6.45) is 1.72. The Morgan fingerprint density at radius 2 is 1.74 bits per heavy atom. The number of benzene rings is 3. The summed E-state index contributed by atoms with van der Waals surface area (Å²) < 4.78 is 13.2. The van der Waals surface area contributed by atoms with E-state index < -0.39 is 11.2 Å². The molecule has 0 saturated carbocycles. The smallest absolute Gasteiger partial charge is 0.263 e. The van der Waals surface area contributed by atoms with E-state index in [1.807, 2.05) is 25.1 Å². The molecule has 0 radical (unpaired) electrons. The molecule has 1 unspecified atom stereocenters. The van der Waals surface area contributed by atoms with Gasteiger partial charge in [-0.25, -0.2) is 0 Å². The van der Waals surface area contributed by atoms with E-state index in [9.17, 15) is 14.1 Å². The van der Waals surface area contributed by atoms with Crippen molar-refractivity contribution < 1.29 is 14.1 Å². The predicted molar refractivity (Wildman–Crippen MR) is 122 cm³/mol. The number of hydrogen-bond acceptors (Lipinski definition) is 3. The minimum Gasteiger partial charge on any atom is -0.606 e. The number of hydrogen-bond donors (Lipinski definition) is 1. The minimum atomic E-state index is -1.49. The molecule has 1 heterocycles. The monoisotopic (exact) mass is 432 g/mol. The maximum absolute atomic E-state index is 13.2. The fourth-order valence-electron chi connectivity index (χ4n) is 3.76. The molecule has 6 heteroatoms. The third-order valence-electron chi connectivity index (χ3n) is 5.36. The molecule has 0 bridgehead atoms. The van der Waals surface area contributed by atoms with E-state index in [4.69, 9.17) is 0 Å². The van der Waals surface area contributed by atoms with Gasteiger partial charge in [0.15, 0.2) is 9.79 Å². The van der Waals surface area contributed by atoms with Crippen molar-refractivity contribution in [1.82, 2.24) is 5.32 Å². The molecule has 0 aromatic heterocycles. The number of nitrogens with one attached hydrogen (secondary N) is 1. The molecule has 31 heavy (non-hydrogen) atoms. The van der Waals surface area contributed by atoms with E-state index in [1.165, 1.54) is 5.56 Å². The van der Waals surface area contributed by atoms with Crippen molar-refractivity contribution in [3.05, 3.63) is 89.5 Å². The van der Waals surface area contributed by atoms with Crippen molar-refractivity contribution in [2.45, 2.75) is 29.6 Å². The highest BCUT2D eigenvalue weighted by atomic mass is 32.2. The zero-order valence-corrected chi connectivity index (χ0v) is 18.2. The van der Waals surface area contributed by atoms with Crippen LogP contribution in [0.1, 0.15) is 39.6 Å². The van der Waals surface area contributed by atoms with Crippen molar-refractivity contribution in [2.24, 2.45) is 0 Å². The van der Waals surface area contributed by atoms with Gasteiger partial charge in [0.25, 0.3) is 11.8 Å². The topological polar surface area (TPSA) is 72.5 Å². The maximum Gasteiger partial charge on any atom is 0.263 e. The first-order chi connectivity index (χ1) is 15.1. The first-order valence-corrected chi connectivity index (χ1v) is 11.5. The molecule has 1 aliphatic heterocycles. The lowest BCUT2D eigenvalue weighted by atomic mass is 10.1. The summed E-state index contributed by atoms with van der Waals surface area (Å²) >= 11 is -1.49. The number of rotatable bonds is 6. The second-order valence-corrected chi connectivity index (χ2v) is 8.76. The number of aryl methyl sites for hydroxylation is 1. The van der Waals surface area contributed by atoms with E-state index >= 15 is 0 Å². The summed E-state index contributed by atoms with van der Waals surface area (Å²) in [7, 11) is 0. The summed E-state index contributed by atoms with van der Waals surface area (Å²) in [6, 6.07) is 22.2. The van der Waals surface area contributed by atoms with Gasteiger partial charge in [-0.2, -0.15) is 0 Å². The second-order valence-electron chi connectivity index (χ2n) is 7.34. The summed E-state index contributed by atoms with van der Waals surface area (Å²) in [4.78, 5) is 28.4. The Morgan fingerprint density at radius 1 is 1.00 bits per heavy atom. The molecule has 2 amide bonds. The van der Waals surface area contributed by atoms with Gasteiger partial charge in [-0.3, -0.25) is 9.59 Å². The molecule has 1 N–H and O–H groups in total. The average Bonchev–Trinajstić information content (AvgIpc) is 2.90. The van der Waals surface area contributed by atoms with Crippen LogP contribution in [-0.4, -0.2) is 29.5 Å². The zero-order valence-electron chi connectivity index (χ0n) is 17.3. The van der Waals surface area contributed by atoms with E-state index in [-0.39, 0.29) is 11.8 Å². The van der Waals surface area contributed by atoms with Crippen molar-refractivity contribution in [3.63, 3.8) is 0 Å². The maximum atomic E-state index is 13.2. The Hall–Kier alpha value is -3.09. The molecule has 5 nitrogen and oxygen atoms in total. The van der Waals surface area contributed by atoms with Gasteiger partial charge in [0.1, 0.15) is 5.69 Å². The zero-order chi connectivity index (χ0) is 21.8. The van der Waals surface area contributed by atoms with Gasteiger partial charge >= 0.3 is 0 Å². The van der Waals surface area contributed by atoms with E-state index in [0.717, 1.165) is 12.8 Å². The summed E-state index contributed by atoms with van der Waals surface area (Å²) in [5, 5.41) is 2.95. The first-order valence-electron chi connectivity index (χ1n) is 10.4. The third kappa shape index (κ3) is 4.36. The van der Waals surface area contributed by atoms with Crippen LogP contribution in [0, 0.1) is 0 Å². The standard InChI is InChI=1S/C25H24N2O3S/c1-2-27-21-17-19(24(28)26-16-8-11-18-9-4-3-5-10-18)14-15-23(21)31(30)22-13-7-6-12-20(22)25(27)29/h3-7,9-10,12-15,17H,2,8,11,16H2,1H3,(H,26,28). The normalized spacial score (nSPS) is 15.1. The van der Waals surface area contributed by atoms with Crippen LogP contribution in [0.4, 0.5) is 5.69 Å². The van der Waals surface area contributed by atoms with Crippen LogP contribution in [-0.2, 0) is 17.6 Å². The Bertz CT molecular complexity index is 1100. The quantitative estimate of drug-likeness (QED) is 0.469. The summed E-state index contributed by atoms with van der Waals surface area (Å²) in [6.45, 7) is 2.84. The number of carbonyl (C=O) groups excluding carboxylic acids is 2. The van der Waals surface area contributed by atoms with Crippen molar-refractivity contribution in [2.75, 3.05) is 18.0 Å². The molecule has 3 aromatic carbocycles. The Labute approximate surface area is 185 Å². The van der Waals surface area contributed by atoms with Crippen LogP contribution < -0.4 is 10.2 Å². The molecule has 0 fully saturated rings. The second kappa shape index (κ2) is 9.37. The molecule has 4 rings (SSSR count). The Morgan fingerprint density at radius 3 is 2.52 bits per heavy atom. The predicted octanol–water partition coefficient (Wildman–Crippen LogP) is 4.20. The minimum absolute atomic E-state index is 0.202. The largest absolute Gasteiger partial charge is 0.606 e. The molecule has 158 valence electrons. The van der Waals surface area contributed by atoms with Gasteiger partial charge in [0, 0.05) is 29.8 Å². The van der Waals surface area contributed by atoms with Crippen LogP contribution in [0.15, 0.2) is 82.6 Å². The molecule has 0 spiro atoms. The van der Waals surface area contributed by atoms with Crippen molar-refractivity contribution in [1.29, 1.82) is 0 Å². The highest BCUT2D eigenvalue weighted by Crippen LogP contribution is 2.37. The highest BCUT2D eigenvalue weighted by molar-refractivity contribution is 7.91. The van der Waals surface area contributed by atoms with E-state index in [0.29, 0.717) is 39.7 Å². The van der Waals surface area contributed by atoms with Crippen LogP contribution in [0.2, 0.25) is 0 Å². The van der Waals surface area contributed by atoms with Gasteiger partial charge in [0.05, 0.1) is 5.56 Å². The molecule has 3 aromatic rings. The van der Waals surface area contributed by atoms with Gasteiger partial charge in [0.2, 0.25) is 0 Å². The average molecular weight is 433 g/mol. The van der Waals surface area contributed by atoms with Gasteiger partial charge in [-0.15, -0.1) is 0 Å². The number of carbonyl (C=O) groups is 2. The molecule has 1 atom stereocenters. The van der Waals surface area contributed by atoms with Crippen LogP contribution in [0.5, 0.6) is 0 Å². The lowest BCUT2D eigenvalue weighted by Gasteiger charge is -2.20. The fourth-order valence-corrected chi connectivity index (χ4v) is 5.10. The number of fused-ring (bicyclic) bond motifs is 2. The number of anilines is 1. The fraction of sp³-hybridized carbons (Fsp3) is 0.200.